The van der Waals surface area contributed by atoms with E-state index in [-0.39, 0.29) is 0 Å². The first-order valence-electron chi connectivity index (χ1n) is 6.73. The van der Waals surface area contributed by atoms with Gasteiger partial charge in [0.05, 0.1) is 13.7 Å². The van der Waals surface area contributed by atoms with Gasteiger partial charge >= 0.3 is 0 Å². The highest BCUT2D eigenvalue weighted by Gasteiger charge is 2.02. The maximum Gasteiger partial charge on any atom is 0.122 e. The van der Waals surface area contributed by atoms with Gasteiger partial charge in [-0.25, -0.2) is 0 Å². The van der Waals surface area contributed by atoms with Gasteiger partial charge in [0.15, 0.2) is 0 Å². The van der Waals surface area contributed by atoms with Crippen molar-refractivity contribution in [1.29, 1.82) is 0 Å². The molecule has 0 saturated carbocycles. The Hall–Kier alpha value is -1.74. The number of para-hydroxylation sites is 1. The van der Waals surface area contributed by atoms with Crippen LogP contribution in [0.25, 0.3) is 0 Å². The van der Waals surface area contributed by atoms with Crippen LogP contribution >= 0.6 is 0 Å². The molecule has 1 aromatic heterocycles. The second kappa shape index (κ2) is 7.00. The third-order valence-electron chi connectivity index (χ3n) is 3.13. The van der Waals surface area contributed by atoms with Gasteiger partial charge < -0.3 is 14.5 Å². The molecule has 0 aliphatic carbocycles. The van der Waals surface area contributed by atoms with Gasteiger partial charge in [-0.15, -0.1) is 0 Å². The van der Waals surface area contributed by atoms with Crippen molar-refractivity contribution < 1.29 is 9.15 Å². The van der Waals surface area contributed by atoms with Gasteiger partial charge in [-0.05, 0) is 36.7 Å². The zero-order valence-electron chi connectivity index (χ0n) is 11.6. The molecule has 1 heterocycles. The maximum atomic E-state index is 5.64. The lowest BCUT2D eigenvalue weighted by Crippen LogP contribution is -2.16. The quantitative estimate of drug-likeness (QED) is 0.775. The number of rotatable bonds is 7. The normalized spacial score (nSPS) is 10.6. The molecule has 2 aromatic rings. The summed E-state index contributed by atoms with van der Waals surface area (Å²) in [7, 11) is 1.71. The van der Waals surface area contributed by atoms with E-state index < -0.39 is 0 Å². The van der Waals surface area contributed by atoms with Crippen LogP contribution in [0.4, 0.5) is 0 Å². The average molecular weight is 259 g/mol. The van der Waals surface area contributed by atoms with Crippen molar-refractivity contribution in [3.8, 4) is 5.75 Å². The van der Waals surface area contributed by atoms with E-state index in [9.17, 15) is 0 Å². The van der Waals surface area contributed by atoms with E-state index in [4.69, 9.17) is 9.15 Å². The van der Waals surface area contributed by atoms with Crippen LogP contribution in [0.1, 0.15) is 24.0 Å². The molecular formula is C16H21NO2. The molecule has 0 aliphatic rings. The van der Waals surface area contributed by atoms with Crippen molar-refractivity contribution >= 4 is 0 Å². The molecule has 0 amide bonds. The number of hydrogen-bond acceptors (Lipinski definition) is 3. The van der Waals surface area contributed by atoms with Crippen molar-refractivity contribution in [3.05, 3.63) is 53.5 Å². The second-order valence-electron chi connectivity index (χ2n) is 4.46. The van der Waals surface area contributed by atoms with Crippen molar-refractivity contribution in [2.24, 2.45) is 0 Å². The lowest BCUT2D eigenvalue weighted by atomic mass is 10.1. The summed E-state index contributed by atoms with van der Waals surface area (Å²) in [5.74, 6) is 2.99. The van der Waals surface area contributed by atoms with E-state index in [1.165, 1.54) is 5.56 Å². The first kappa shape index (κ1) is 13.7. The molecular weight excluding hydrogens is 238 g/mol. The molecule has 0 unspecified atom stereocenters. The highest BCUT2D eigenvalue weighted by Crippen LogP contribution is 2.17. The number of ether oxygens (including phenoxy) is 1. The third kappa shape index (κ3) is 3.86. The second-order valence-corrected chi connectivity index (χ2v) is 4.46. The topological polar surface area (TPSA) is 34.4 Å². The molecule has 3 nitrogen and oxygen atoms in total. The number of benzene rings is 1. The van der Waals surface area contributed by atoms with Gasteiger partial charge in [-0.2, -0.15) is 0 Å². The van der Waals surface area contributed by atoms with E-state index in [0.717, 1.165) is 43.2 Å². The number of methoxy groups -OCH3 is 1. The smallest absolute Gasteiger partial charge is 0.122 e. The van der Waals surface area contributed by atoms with Crippen LogP contribution in [0.5, 0.6) is 5.75 Å². The zero-order valence-corrected chi connectivity index (χ0v) is 11.6. The number of aryl methyl sites for hydroxylation is 1. The largest absolute Gasteiger partial charge is 0.496 e. The predicted octanol–water partition coefficient (Wildman–Crippen LogP) is 3.18. The van der Waals surface area contributed by atoms with Crippen molar-refractivity contribution in [3.63, 3.8) is 0 Å². The number of furan rings is 1. The lowest BCUT2D eigenvalue weighted by Gasteiger charge is -2.08. The summed E-state index contributed by atoms with van der Waals surface area (Å²) < 4.78 is 11.0. The number of hydrogen-bond donors (Lipinski definition) is 1. The van der Waals surface area contributed by atoms with Crippen LogP contribution in [-0.2, 0) is 19.4 Å². The van der Waals surface area contributed by atoms with Gasteiger partial charge in [0.2, 0.25) is 0 Å². The van der Waals surface area contributed by atoms with E-state index in [0.29, 0.717) is 0 Å². The molecule has 1 N–H and O–H groups in total. The molecule has 0 spiro atoms. The highest BCUT2D eigenvalue weighted by molar-refractivity contribution is 5.33. The first-order valence-corrected chi connectivity index (χ1v) is 6.73. The van der Waals surface area contributed by atoms with Crippen LogP contribution < -0.4 is 10.1 Å². The highest BCUT2D eigenvalue weighted by atomic mass is 16.5. The summed E-state index contributed by atoms with van der Waals surface area (Å²) in [6, 6.07) is 12.2. The standard InChI is InChI=1S/C16H21NO2/c1-3-14-8-9-15(19-14)12-17-11-10-13-6-4-5-7-16(13)18-2/h4-9,17H,3,10-12H2,1-2H3. The SMILES string of the molecule is CCc1ccc(CNCCc2ccccc2OC)o1. The minimum Gasteiger partial charge on any atom is -0.496 e. The summed E-state index contributed by atoms with van der Waals surface area (Å²) >= 11 is 0. The monoisotopic (exact) mass is 259 g/mol. The third-order valence-corrected chi connectivity index (χ3v) is 3.13. The Bertz CT molecular complexity index is 505. The van der Waals surface area contributed by atoms with Gasteiger partial charge in [0.25, 0.3) is 0 Å². The molecule has 3 heteroatoms. The molecule has 0 radical (unpaired) electrons. The Morgan fingerprint density at radius 3 is 2.63 bits per heavy atom. The fraction of sp³-hybridized carbons (Fsp3) is 0.375. The van der Waals surface area contributed by atoms with Crippen LogP contribution in [0.3, 0.4) is 0 Å². The van der Waals surface area contributed by atoms with Gasteiger partial charge in [-0.1, -0.05) is 25.1 Å². The number of nitrogens with one attached hydrogen (secondary N) is 1. The van der Waals surface area contributed by atoms with Gasteiger partial charge in [0, 0.05) is 6.42 Å². The van der Waals surface area contributed by atoms with Crippen molar-refractivity contribution in [1.82, 2.24) is 5.32 Å². The summed E-state index contributed by atoms with van der Waals surface area (Å²) in [6.45, 7) is 3.77. The Balaban J connectivity index is 1.77. The Kier molecular flexibility index (Phi) is 5.04. The van der Waals surface area contributed by atoms with Crippen LogP contribution in [0.2, 0.25) is 0 Å². The predicted molar refractivity (Wildman–Crippen MR) is 76.5 cm³/mol. The fourth-order valence-electron chi connectivity index (χ4n) is 2.05. The minimum absolute atomic E-state index is 0.773. The summed E-state index contributed by atoms with van der Waals surface area (Å²) in [6.07, 6.45) is 1.90. The zero-order chi connectivity index (χ0) is 13.5. The van der Waals surface area contributed by atoms with Gasteiger partial charge in [-0.3, -0.25) is 0 Å². The Morgan fingerprint density at radius 1 is 1.11 bits per heavy atom. The summed E-state index contributed by atoms with van der Waals surface area (Å²) in [5, 5.41) is 3.39. The molecule has 2 rings (SSSR count). The van der Waals surface area contributed by atoms with Gasteiger partial charge in [0.1, 0.15) is 17.3 Å². The molecule has 102 valence electrons. The van der Waals surface area contributed by atoms with E-state index >= 15 is 0 Å². The van der Waals surface area contributed by atoms with Crippen molar-refractivity contribution in [2.45, 2.75) is 26.3 Å². The summed E-state index contributed by atoms with van der Waals surface area (Å²) in [5.41, 5.74) is 1.23. The minimum atomic E-state index is 0.773. The molecule has 0 fully saturated rings. The van der Waals surface area contributed by atoms with E-state index in [1.54, 1.807) is 7.11 Å². The van der Waals surface area contributed by atoms with Crippen molar-refractivity contribution in [2.75, 3.05) is 13.7 Å². The molecule has 1 aromatic carbocycles. The summed E-state index contributed by atoms with van der Waals surface area (Å²) in [4.78, 5) is 0. The van der Waals surface area contributed by atoms with Crippen LogP contribution in [0.15, 0.2) is 40.8 Å². The Labute approximate surface area is 114 Å². The van der Waals surface area contributed by atoms with Crippen LogP contribution in [0, 0.1) is 0 Å². The fourth-order valence-corrected chi connectivity index (χ4v) is 2.05. The molecule has 0 aliphatic heterocycles. The van der Waals surface area contributed by atoms with Crippen LogP contribution in [-0.4, -0.2) is 13.7 Å². The molecule has 0 saturated heterocycles. The first-order chi connectivity index (χ1) is 9.33. The Morgan fingerprint density at radius 2 is 1.89 bits per heavy atom. The van der Waals surface area contributed by atoms with E-state index in [1.807, 2.05) is 30.3 Å². The molecule has 0 atom stereocenters. The molecule has 0 bridgehead atoms. The maximum absolute atomic E-state index is 5.64. The lowest BCUT2D eigenvalue weighted by molar-refractivity contribution is 0.408. The average Bonchev–Trinajstić information content (AvgIpc) is 2.92. The van der Waals surface area contributed by atoms with E-state index in [2.05, 4.69) is 18.3 Å². The molecule has 19 heavy (non-hydrogen) atoms.